The molecule has 1 saturated heterocycles. The van der Waals surface area contributed by atoms with Crippen LogP contribution < -0.4 is 9.03 Å². The van der Waals surface area contributed by atoms with E-state index in [9.17, 15) is 18.6 Å². The lowest BCUT2D eigenvalue weighted by Crippen LogP contribution is -2.29. The van der Waals surface area contributed by atoms with Crippen LogP contribution in [0.5, 0.6) is 5.75 Å². The molecule has 0 amide bonds. The number of aliphatic hydroxyl groups is 1. The van der Waals surface area contributed by atoms with Crippen LogP contribution in [-0.2, 0) is 16.6 Å². The van der Waals surface area contributed by atoms with Gasteiger partial charge in [-0.1, -0.05) is 32.8 Å². The highest BCUT2D eigenvalue weighted by Crippen LogP contribution is 2.31. The van der Waals surface area contributed by atoms with Gasteiger partial charge >= 0.3 is 10.2 Å². The first-order chi connectivity index (χ1) is 11.2. The molecule has 0 spiro atoms. The lowest BCUT2D eigenvalue weighted by atomic mass is 9.88. The maximum atomic E-state index is 11.9. The molecular weight excluding hydrogens is 328 g/mol. The van der Waals surface area contributed by atoms with Gasteiger partial charge in [-0.2, -0.15) is 13.1 Å². The number of nitrogens with one attached hydrogen (secondary N) is 1. The number of benzene rings is 1. The van der Waals surface area contributed by atoms with Crippen LogP contribution in [0.3, 0.4) is 0 Å². The van der Waals surface area contributed by atoms with Crippen molar-refractivity contribution in [2.24, 2.45) is 5.41 Å². The molecule has 136 valence electrons. The van der Waals surface area contributed by atoms with E-state index >= 15 is 0 Å². The van der Waals surface area contributed by atoms with Crippen molar-refractivity contribution in [3.63, 3.8) is 0 Å². The molecule has 1 heterocycles. The van der Waals surface area contributed by atoms with Crippen molar-refractivity contribution >= 4 is 15.9 Å². The quantitative estimate of drug-likeness (QED) is 0.623. The van der Waals surface area contributed by atoms with E-state index in [4.69, 9.17) is 0 Å². The Morgan fingerprint density at radius 3 is 2.62 bits per heavy atom. The molecule has 1 aliphatic rings. The van der Waals surface area contributed by atoms with Gasteiger partial charge in [0.15, 0.2) is 0 Å². The first kappa shape index (κ1) is 19.0. The second-order valence-electron chi connectivity index (χ2n) is 7.18. The monoisotopic (exact) mass is 356 g/mol. The van der Waals surface area contributed by atoms with E-state index in [1.807, 2.05) is 6.07 Å². The van der Waals surface area contributed by atoms with Crippen molar-refractivity contribution in [1.29, 1.82) is 0 Å². The Balaban J connectivity index is 1.92. The largest absolute Gasteiger partial charge is 0.506 e. The number of hydrogen-bond donors (Lipinski definition) is 3. The summed E-state index contributed by atoms with van der Waals surface area (Å²) in [5.41, 5.74) is 1.34. The molecule has 24 heavy (non-hydrogen) atoms. The van der Waals surface area contributed by atoms with E-state index in [1.54, 1.807) is 12.1 Å². The summed E-state index contributed by atoms with van der Waals surface area (Å²) in [7, 11) is -3.53. The molecule has 1 aromatic carbocycles. The van der Waals surface area contributed by atoms with E-state index in [-0.39, 0.29) is 17.8 Å². The van der Waals surface area contributed by atoms with Crippen molar-refractivity contribution in [1.82, 2.24) is 4.72 Å². The van der Waals surface area contributed by atoms with E-state index in [2.05, 4.69) is 18.6 Å². The van der Waals surface area contributed by atoms with Gasteiger partial charge in [-0.05, 0) is 42.4 Å². The number of phenols is 1. The third-order valence-electron chi connectivity index (χ3n) is 4.45. The predicted octanol–water partition coefficient (Wildman–Crippen LogP) is 2.17. The van der Waals surface area contributed by atoms with E-state index in [1.165, 1.54) is 4.31 Å². The molecule has 1 aliphatic heterocycles. The molecular formula is C17H28N2O4S. The average molecular weight is 356 g/mol. The lowest BCUT2D eigenvalue weighted by Gasteiger charge is -2.21. The van der Waals surface area contributed by atoms with Crippen LogP contribution in [0.2, 0.25) is 0 Å². The summed E-state index contributed by atoms with van der Waals surface area (Å²) in [6.45, 7) is 5.00. The minimum atomic E-state index is -3.53. The second kappa shape index (κ2) is 7.72. The third-order valence-corrected chi connectivity index (χ3v) is 5.97. The zero-order valence-electron chi connectivity index (χ0n) is 14.5. The molecule has 0 aromatic heterocycles. The van der Waals surface area contributed by atoms with Crippen LogP contribution in [0.1, 0.15) is 45.1 Å². The standard InChI is InChI=1S/C17H28N2O4S/c1-17(2,13-20)9-5-3-4-6-14-7-8-16(21)15(12-14)19-11-10-18-24(19,22)23/h7-8,12,18,20-21H,3-6,9-11,13H2,1-2H3. The number of hydrogen-bond acceptors (Lipinski definition) is 4. The van der Waals surface area contributed by atoms with E-state index < -0.39 is 10.2 Å². The Morgan fingerprint density at radius 1 is 1.25 bits per heavy atom. The fourth-order valence-electron chi connectivity index (χ4n) is 2.84. The minimum absolute atomic E-state index is 0.0179. The molecule has 0 atom stereocenters. The molecule has 7 heteroatoms. The van der Waals surface area contributed by atoms with Gasteiger partial charge in [0.2, 0.25) is 0 Å². The van der Waals surface area contributed by atoms with Crippen molar-refractivity contribution < 1.29 is 18.6 Å². The number of unbranched alkanes of at least 4 members (excludes halogenated alkanes) is 2. The van der Waals surface area contributed by atoms with Gasteiger partial charge in [0.1, 0.15) is 5.75 Å². The van der Waals surface area contributed by atoms with Crippen molar-refractivity contribution in [3.8, 4) is 5.75 Å². The second-order valence-corrected chi connectivity index (χ2v) is 8.86. The summed E-state index contributed by atoms with van der Waals surface area (Å²) < 4.78 is 27.5. The molecule has 0 bridgehead atoms. The van der Waals surface area contributed by atoms with Crippen LogP contribution in [0.15, 0.2) is 18.2 Å². The number of phenolic OH excluding ortho intramolecular Hbond substituents is 1. The van der Waals surface area contributed by atoms with Crippen molar-refractivity contribution in [2.75, 3.05) is 24.0 Å². The van der Waals surface area contributed by atoms with Crippen LogP contribution in [0.25, 0.3) is 0 Å². The molecule has 0 unspecified atom stereocenters. The highest BCUT2D eigenvalue weighted by molar-refractivity contribution is 7.91. The number of rotatable bonds is 8. The number of aromatic hydroxyl groups is 1. The van der Waals surface area contributed by atoms with Gasteiger partial charge in [0.25, 0.3) is 0 Å². The normalized spacial score (nSPS) is 17.4. The van der Waals surface area contributed by atoms with Gasteiger partial charge in [0, 0.05) is 19.7 Å². The first-order valence-corrected chi connectivity index (χ1v) is 9.89. The highest BCUT2D eigenvalue weighted by Gasteiger charge is 2.29. The molecule has 0 aliphatic carbocycles. The fraction of sp³-hybridized carbons (Fsp3) is 0.647. The lowest BCUT2D eigenvalue weighted by molar-refractivity contribution is 0.147. The number of anilines is 1. The molecule has 0 saturated carbocycles. The Kier molecular flexibility index (Phi) is 6.11. The van der Waals surface area contributed by atoms with E-state index in [0.717, 1.165) is 37.7 Å². The number of nitrogens with zero attached hydrogens (tertiary/aromatic N) is 1. The van der Waals surface area contributed by atoms with Gasteiger partial charge < -0.3 is 10.2 Å². The summed E-state index contributed by atoms with van der Waals surface area (Å²) in [6.07, 6.45) is 4.94. The maximum absolute atomic E-state index is 11.9. The van der Waals surface area contributed by atoms with Crippen LogP contribution in [0.4, 0.5) is 5.69 Å². The minimum Gasteiger partial charge on any atom is -0.506 e. The topological polar surface area (TPSA) is 89.9 Å². The number of aliphatic hydroxyl groups excluding tert-OH is 1. The van der Waals surface area contributed by atoms with Crippen LogP contribution in [0, 0.1) is 5.41 Å². The van der Waals surface area contributed by atoms with Crippen molar-refractivity contribution in [3.05, 3.63) is 23.8 Å². The molecule has 1 aromatic rings. The Labute approximate surface area is 144 Å². The van der Waals surface area contributed by atoms with Crippen LogP contribution >= 0.6 is 0 Å². The molecule has 3 N–H and O–H groups in total. The summed E-state index contributed by atoms with van der Waals surface area (Å²) in [6, 6.07) is 5.16. The van der Waals surface area contributed by atoms with Gasteiger partial charge in [-0.15, -0.1) is 0 Å². The van der Waals surface area contributed by atoms with Gasteiger partial charge in [-0.3, -0.25) is 4.31 Å². The molecule has 0 radical (unpaired) electrons. The van der Waals surface area contributed by atoms with Crippen molar-refractivity contribution in [2.45, 2.75) is 46.0 Å². The van der Waals surface area contributed by atoms with E-state index in [0.29, 0.717) is 18.8 Å². The Bertz CT molecular complexity index is 659. The Morgan fingerprint density at radius 2 is 2.00 bits per heavy atom. The molecule has 1 fully saturated rings. The fourth-order valence-corrected chi connectivity index (χ4v) is 4.08. The zero-order valence-corrected chi connectivity index (χ0v) is 15.3. The summed E-state index contributed by atoms with van der Waals surface area (Å²) in [5.74, 6) is -0.0179. The SMILES string of the molecule is CC(C)(CO)CCCCCc1ccc(O)c(N2CCNS2(=O)=O)c1. The predicted molar refractivity (Wildman–Crippen MR) is 95.4 cm³/mol. The number of aryl methyl sites for hydroxylation is 1. The average Bonchev–Trinajstić information content (AvgIpc) is 2.87. The van der Waals surface area contributed by atoms with Gasteiger partial charge in [-0.25, -0.2) is 0 Å². The first-order valence-electron chi connectivity index (χ1n) is 8.45. The smallest absolute Gasteiger partial charge is 0.301 e. The maximum Gasteiger partial charge on any atom is 0.301 e. The molecule has 6 nitrogen and oxygen atoms in total. The Hall–Kier alpha value is -1.31. The molecule has 2 rings (SSSR count). The summed E-state index contributed by atoms with van der Waals surface area (Å²) >= 11 is 0. The zero-order chi connectivity index (χ0) is 17.8. The highest BCUT2D eigenvalue weighted by atomic mass is 32.2. The van der Waals surface area contributed by atoms with Crippen LogP contribution in [-0.4, -0.2) is 38.3 Å². The van der Waals surface area contributed by atoms with Gasteiger partial charge in [0.05, 0.1) is 5.69 Å². The summed E-state index contributed by atoms with van der Waals surface area (Å²) in [5, 5.41) is 19.2. The third kappa shape index (κ3) is 4.84. The summed E-state index contributed by atoms with van der Waals surface area (Å²) in [4.78, 5) is 0.